The van der Waals surface area contributed by atoms with Crippen molar-refractivity contribution in [3.05, 3.63) is 0 Å². The van der Waals surface area contributed by atoms with E-state index in [2.05, 4.69) is 0 Å². The lowest BCUT2D eigenvalue weighted by Crippen LogP contribution is -2.39. The zero-order valence-corrected chi connectivity index (χ0v) is 9.64. The molecule has 1 rings (SSSR count). The molecule has 82 valence electrons. The van der Waals surface area contributed by atoms with Gasteiger partial charge in [-0.3, -0.25) is 4.79 Å². The van der Waals surface area contributed by atoms with Gasteiger partial charge in [-0.25, -0.2) is 8.42 Å². The molecule has 1 amide bonds. The van der Waals surface area contributed by atoms with Crippen LogP contribution in [0.15, 0.2) is 0 Å². The van der Waals surface area contributed by atoms with Crippen LogP contribution in [0.4, 0.5) is 4.79 Å². The third-order valence-corrected chi connectivity index (χ3v) is 3.62. The Hall–Kier alpha value is -0.290. The van der Waals surface area contributed by atoms with Crippen LogP contribution in [0.25, 0.3) is 0 Å². The number of halogens is 1. The number of amides is 1. The lowest BCUT2D eigenvalue weighted by molar-refractivity contribution is 0.192. The van der Waals surface area contributed by atoms with Crippen molar-refractivity contribution < 1.29 is 13.2 Å². The summed E-state index contributed by atoms with van der Waals surface area (Å²) in [4.78, 5) is 12.4. The maximum Gasteiger partial charge on any atom is 0.316 e. The van der Waals surface area contributed by atoms with Gasteiger partial charge in [0.15, 0.2) is 0 Å². The lowest BCUT2D eigenvalue weighted by atomic mass is 10.0. The second-order valence-electron chi connectivity index (χ2n) is 3.80. The third-order valence-electron chi connectivity index (χ3n) is 2.31. The Bertz CT molecular complexity index is 315. The summed E-state index contributed by atoms with van der Waals surface area (Å²) in [7, 11) is -2.95. The van der Waals surface area contributed by atoms with E-state index in [9.17, 15) is 13.2 Å². The van der Waals surface area contributed by atoms with Gasteiger partial charge in [0.05, 0.1) is 5.75 Å². The van der Waals surface area contributed by atoms with E-state index in [0.29, 0.717) is 13.1 Å². The average molecular weight is 240 g/mol. The smallest absolute Gasteiger partial charge is 0.316 e. The molecule has 1 aliphatic rings. The predicted octanol–water partition coefficient (Wildman–Crippen LogP) is 1.10. The molecule has 0 spiro atoms. The fourth-order valence-electron chi connectivity index (χ4n) is 1.79. The van der Waals surface area contributed by atoms with Crippen molar-refractivity contribution in [3.63, 3.8) is 0 Å². The second kappa shape index (κ2) is 4.49. The molecule has 1 heterocycles. The minimum absolute atomic E-state index is 0.0430. The standard InChI is InChI=1S/C8H14ClNO3S/c1-14(12,13)6-7-3-2-4-10(5-7)8(9)11/h7H,2-6H2,1H3. The summed E-state index contributed by atoms with van der Waals surface area (Å²) < 4.78 is 22.1. The van der Waals surface area contributed by atoms with Gasteiger partial charge < -0.3 is 4.90 Å². The van der Waals surface area contributed by atoms with E-state index in [1.807, 2.05) is 0 Å². The monoisotopic (exact) mass is 239 g/mol. The zero-order chi connectivity index (χ0) is 10.8. The maximum atomic E-state index is 11.0. The van der Waals surface area contributed by atoms with Gasteiger partial charge in [0, 0.05) is 19.3 Å². The van der Waals surface area contributed by atoms with Crippen molar-refractivity contribution in [3.8, 4) is 0 Å². The van der Waals surface area contributed by atoms with Crippen molar-refractivity contribution in [2.24, 2.45) is 5.92 Å². The summed E-state index contributed by atoms with van der Waals surface area (Å²) in [5, 5.41) is -0.483. The molecule has 0 aromatic carbocycles. The van der Waals surface area contributed by atoms with Crippen molar-refractivity contribution in [1.82, 2.24) is 4.90 Å². The number of hydrogen-bond acceptors (Lipinski definition) is 3. The van der Waals surface area contributed by atoms with Crippen molar-refractivity contribution in [2.75, 3.05) is 25.1 Å². The van der Waals surface area contributed by atoms with E-state index in [0.717, 1.165) is 12.8 Å². The molecule has 0 saturated carbocycles. The first-order valence-electron chi connectivity index (χ1n) is 4.50. The predicted molar refractivity (Wildman–Crippen MR) is 55.3 cm³/mol. The van der Waals surface area contributed by atoms with Crippen molar-refractivity contribution in [2.45, 2.75) is 12.8 Å². The molecule has 1 saturated heterocycles. The number of sulfone groups is 1. The third kappa shape index (κ3) is 3.84. The molecule has 4 nitrogen and oxygen atoms in total. The highest BCUT2D eigenvalue weighted by molar-refractivity contribution is 7.90. The number of piperidine rings is 1. The molecule has 1 aliphatic heterocycles. The number of hydrogen-bond donors (Lipinski definition) is 0. The highest BCUT2D eigenvalue weighted by Gasteiger charge is 2.24. The highest BCUT2D eigenvalue weighted by atomic mass is 35.5. The number of carbonyl (C=O) groups is 1. The molecular formula is C8H14ClNO3S. The highest BCUT2D eigenvalue weighted by Crippen LogP contribution is 2.18. The Morgan fingerprint density at radius 2 is 2.21 bits per heavy atom. The van der Waals surface area contributed by atoms with Gasteiger partial charge in [-0.1, -0.05) is 0 Å². The van der Waals surface area contributed by atoms with E-state index < -0.39 is 15.2 Å². The molecule has 0 N–H and O–H groups in total. The Labute approximate surface area is 89.1 Å². The number of likely N-dealkylation sites (tertiary alicyclic amines) is 1. The van der Waals surface area contributed by atoms with Crippen LogP contribution in [0.2, 0.25) is 0 Å². The van der Waals surface area contributed by atoms with Crippen molar-refractivity contribution >= 4 is 26.8 Å². The molecule has 1 fully saturated rings. The fraction of sp³-hybridized carbons (Fsp3) is 0.875. The van der Waals surface area contributed by atoms with E-state index in [-0.39, 0.29) is 11.7 Å². The summed E-state index contributed by atoms with van der Waals surface area (Å²) >= 11 is 5.33. The largest absolute Gasteiger partial charge is 0.329 e. The van der Waals surface area contributed by atoms with E-state index in [1.165, 1.54) is 11.2 Å². The van der Waals surface area contributed by atoms with Gasteiger partial charge in [0.1, 0.15) is 9.84 Å². The topological polar surface area (TPSA) is 54.5 Å². The van der Waals surface area contributed by atoms with Gasteiger partial charge >= 0.3 is 5.37 Å². The van der Waals surface area contributed by atoms with Crippen LogP contribution < -0.4 is 0 Å². The lowest BCUT2D eigenvalue weighted by Gasteiger charge is -2.30. The van der Waals surface area contributed by atoms with Crippen LogP contribution in [-0.4, -0.2) is 43.8 Å². The van der Waals surface area contributed by atoms with Gasteiger partial charge in [0.25, 0.3) is 0 Å². The Balaban J connectivity index is 2.52. The summed E-state index contributed by atoms with van der Waals surface area (Å²) in [6.07, 6.45) is 2.90. The summed E-state index contributed by atoms with van der Waals surface area (Å²) in [5.74, 6) is 0.190. The summed E-state index contributed by atoms with van der Waals surface area (Å²) in [5.41, 5.74) is 0. The minimum Gasteiger partial charge on any atom is -0.329 e. The van der Waals surface area contributed by atoms with Crippen LogP contribution in [0.3, 0.4) is 0 Å². The van der Waals surface area contributed by atoms with Gasteiger partial charge in [0.2, 0.25) is 0 Å². The van der Waals surface area contributed by atoms with Crippen LogP contribution in [-0.2, 0) is 9.84 Å². The summed E-state index contributed by atoms with van der Waals surface area (Å²) in [6, 6.07) is 0. The Kier molecular flexibility index (Phi) is 3.78. The first kappa shape index (κ1) is 11.8. The minimum atomic E-state index is -2.95. The van der Waals surface area contributed by atoms with Crippen LogP contribution in [0, 0.1) is 5.92 Å². The molecule has 0 aliphatic carbocycles. The molecule has 6 heteroatoms. The van der Waals surface area contributed by atoms with Crippen LogP contribution in [0.1, 0.15) is 12.8 Å². The molecule has 0 radical (unpaired) electrons. The van der Waals surface area contributed by atoms with Crippen molar-refractivity contribution in [1.29, 1.82) is 0 Å². The van der Waals surface area contributed by atoms with E-state index in [1.54, 1.807) is 0 Å². The normalized spacial score (nSPS) is 23.6. The van der Waals surface area contributed by atoms with E-state index in [4.69, 9.17) is 11.6 Å². The van der Waals surface area contributed by atoms with Crippen LogP contribution >= 0.6 is 11.6 Å². The van der Waals surface area contributed by atoms with E-state index >= 15 is 0 Å². The molecule has 1 unspecified atom stereocenters. The van der Waals surface area contributed by atoms with Crippen LogP contribution in [0.5, 0.6) is 0 Å². The molecule has 0 bridgehead atoms. The first-order chi connectivity index (χ1) is 6.38. The SMILES string of the molecule is CS(=O)(=O)CC1CCCN(C(=O)Cl)C1. The second-order valence-corrected chi connectivity index (χ2v) is 6.31. The fourth-order valence-corrected chi connectivity index (χ4v) is 3.07. The maximum absolute atomic E-state index is 11.0. The molecule has 1 atom stereocenters. The average Bonchev–Trinajstić information content (AvgIpc) is 2.01. The first-order valence-corrected chi connectivity index (χ1v) is 6.94. The molecule has 0 aromatic heterocycles. The van der Waals surface area contributed by atoms with Gasteiger partial charge in [-0.2, -0.15) is 0 Å². The number of nitrogens with zero attached hydrogens (tertiary/aromatic N) is 1. The van der Waals surface area contributed by atoms with Gasteiger partial charge in [-0.15, -0.1) is 0 Å². The molecule has 0 aromatic rings. The van der Waals surface area contributed by atoms with Gasteiger partial charge in [-0.05, 0) is 30.4 Å². The number of carbonyl (C=O) groups excluding carboxylic acids is 1. The molecular weight excluding hydrogens is 226 g/mol. The Morgan fingerprint density at radius 1 is 1.57 bits per heavy atom. The number of rotatable bonds is 2. The quantitative estimate of drug-likeness (QED) is 0.536. The Morgan fingerprint density at radius 3 is 2.71 bits per heavy atom. The zero-order valence-electron chi connectivity index (χ0n) is 8.07. The molecule has 14 heavy (non-hydrogen) atoms. The summed E-state index contributed by atoms with van der Waals surface area (Å²) in [6.45, 7) is 1.11.